The average Bonchev–Trinajstić information content (AvgIpc) is 3.28. The van der Waals surface area contributed by atoms with Gasteiger partial charge in [0.2, 0.25) is 0 Å². The first-order valence-corrected chi connectivity index (χ1v) is 9.10. The van der Waals surface area contributed by atoms with Gasteiger partial charge in [-0.2, -0.15) is 5.26 Å². The smallest absolute Gasteiger partial charge is 0.331 e. The van der Waals surface area contributed by atoms with Gasteiger partial charge in [0, 0.05) is 15.8 Å². The first kappa shape index (κ1) is 16.4. The van der Waals surface area contributed by atoms with Crippen LogP contribution in [0.2, 0.25) is 0 Å². The van der Waals surface area contributed by atoms with Gasteiger partial charge in [0.05, 0.1) is 5.56 Å². The number of aryl methyl sites for hydroxylation is 1. The van der Waals surface area contributed by atoms with Gasteiger partial charge in [0.1, 0.15) is 11.1 Å². The number of hydrogen-bond donors (Lipinski definition) is 1. The van der Waals surface area contributed by atoms with Gasteiger partial charge in [-0.1, -0.05) is 6.07 Å². The van der Waals surface area contributed by atoms with Gasteiger partial charge >= 0.3 is 5.97 Å². The van der Waals surface area contributed by atoms with E-state index in [-0.39, 0.29) is 6.61 Å². The Bertz CT molecular complexity index is 829. The Labute approximate surface area is 147 Å². The van der Waals surface area contributed by atoms with Crippen LogP contribution in [-0.2, 0) is 27.2 Å². The zero-order valence-corrected chi connectivity index (χ0v) is 14.3. The van der Waals surface area contributed by atoms with Crippen molar-refractivity contribution in [2.45, 2.75) is 19.3 Å². The largest absolute Gasteiger partial charge is 0.452 e. The lowest BCUT2D eigenvalue weighted by molar-refractivity contribution is -0.142. The predicted molar refractivity (Wildman–Crippen MR) is 94.0 cm³/mol. The van der Waals surface area contributed by atoms with E-state index in [1.165, 1.54) is 28.7 Å². The monoisotopic (exact) mass is 358 g/mol. The molecule has 1 N–H and O–H groups in total. The van der Waals surface area contributed by atoms with Crippen molar-refractivity contribution in [3.8, 4) is 6.07 Å². The van der Waals surface area contributed by atoms with Gasteiger partial charge in [-0.05, 0) is 42.3 Å². The normalized spacial score (nSPS) is 12.8. The van der Waals surface area contributed by atoms with Gasteiger partial charge in [-0.15, -0.1) is 22.7 Å². The van der Waals surface area contributed by atoms with Crippen LogP contribution in [0.15, 0.2) is 23.6 Å². The summed E-state index contributed by atoms with van der Waals surface area (Å²) in [5.41, 5.74) is 1.60. The minimum absolute atomic E-state index is 0.374. The summed E-state index contributed by atoms with van der Waals surface area (Å²) in [5, 5.41) is 14.4. The van der Waals surface area contributed by atoms with Gasteiger partial charge in [0.25, 0.3) is 5.91 Å². The molecule has 3 rings (SSSR count). The summed E-state index contributed by atoms with van der Waals surface area (Å²) < 4.78 is 4.91. The van der Waals surface area contributed by atoms with E-state index in [0.29, 0.717) is 10.6 Å². The molecule has 0 radical (unpaired) electrons. The van der Waals surface area contributed by atoms with Crippen LogP contribution >= 0.6 is 22.7 Å². The molecular formula is C17H14N2O3S2. The highest BCUT2D eigenvalue weighted by Gasteiger charge is 2.23. The summed E-state index contributed by atoms with van der Waals surface area (Å²) in [5.74, 6) is -1.02. The fraction of sp³-hybridized carbons (Fsp3) is 0.235. The van der Waals surface area contributed by atoms with Crippen molar-refractivity contribution >= 4 is 45.6 Å². The zero-order chi connectivity index (χ0) is 16.9. The van der Waals surface area contributed by atoms with Crippen LogP contribution in [0.25, 0.3) is 6.08 Å². The maximum absolute atomic E-state index is 11.9. The maximum atomic E-state index is 11.9. The van der Waals surface area contributed by atoms with Crippen LogP contribution in [0.3, 0.4) is 0 Å². The first-order chi connectivity index (χ1) is 11.7. The van der Waals surface area contributed by atoms with E-state index < -0.39 is 11.9 Å². The van der Waals surface area contributed by atoms with Crippen molar-refractivity contribution in [2.24, 2.45) is 0 Å². The molecule has 2 heterocycles. The molecule has 24 heavy (non-hydrogen) atoms. The number of amides is 1. The van der Waals surface area contributed by atoms with Crippen LogP contribution in [0, 0.1) is 11.3 Å². The molecule has 5 nitrogen and oxygen atoms in total. The van der Waals surface area contributed by atoms with E-state index in [1.807, 2.05) is 17.5 Å². The van der Waals surface area contributed by atoms with Crippen molar-refractivity contribution in [1.29, 1.82) is 5.26 Å². The second kappa shape index (κ2) is 7.43. The van der Waals surface area contributed by atoms with Crippen molar-refractivity contribution in [3.05, 3.63) is 44.5 Å². The van der Waals surface area contributed by atoms with Crippen LogP contribution in [-0.4, -0.2) is 18.5 Å². The Morgan fingerprint density at radius 1 is 1.42 bits per heavy atom. The van der Waals surface area contributed by atoms with Gasteiger partial charge in [0.15, 0.2) is 6.61 Å². The summed E-state index contributed by atoms with van der Waals surface area (Å²) in [6.45, 7) is -0.374. The van der Waals surface area contributed by atoms with E-state index in [4.69, 9.17) is 4.74 Å². The number of nitrogens with zero attached hydrogens (tertiary/aromatic N) is 1. The summed E-state index contributed by atoms with van der Waals surface area (Å²) in [6, 6.07) is 5.92. The van der Waals surface area contributed by atoms with E-state index in [0.717, 1.165) is 34.6 Å². The lowest BCUT2D eigenvalue weighted by Crippen LogP contribution is -2.20. The molecule has 2 aromatic rings. The van der Waals surface area contributed by atoms with Crippen molar-refractivity contribution < 1.29 is 14.3 Å². The number of rotatable bonds is 5. The second-order valence-corrected chi connectivity index (χ2v) is 7.26. The predicted octanol–water partition coefficient (Wildman–Crippen LogP) is 3.37. The number of esters is 1. The Morgan fingerprint density at radius 3 is 3.04 bits per heavy atom. The van der Waals surface area contributed by atoms with Gasteiger partial charge < -0.3 is 10.1 Å². The van der Waals surface area contributed by atoms with Crippen molar-refractivity contribution in [2.75, 3.05) is 11.9 Å². The van der Waals surface area contributed by atoms with Crippen LogP contribution in [0.5, 0.6) is 0 Å². The number of hydrogen-bond acceptors (Lipinski definition) is 6. The Balaban J connectivity index is 1.53. The van der Waals surface area contributed by atoms with E-state index in [1.54, 1.807) is 6.08 Å². The topological polar surface area (TPSA) is 79.2 Å². The van der Waals surface area contributed by atoms with E-state index in [2.05, 4.69) is 11.4 Å². The highest BCUT2D eigenvalue weighted by molar-refractivity contribution is 7.16. The molecule has 1 aliphatic carbocycles. The molecule has 7 heteroatoms. The summed E-state index contributed by atoms with van der Waals surface area (Å²) in [4.78, 5) is 25.6. The van der Waals surface area contributed by atoms with Crippen molar-refractivity contribution in [1.82, 2.24) is 0 Å². The zero-order valence-electron chi connectivity index (χ0n) is 12.7. The Morgan fingerprint density at radius 2 is 2.29 bits per heavy atom. The number of anilines is 1. The molecule has 0 saturated heterocycles. The van der Waals surface area contributed by atoms with Crippen LogP contribution in [0.1, 0.15) is 27.3 Å². The Kier molecular flexibility index (Phi) is 5.08. The molecule has 0 aliphatic heterocycles. The molecule has 1 amide bonds. The molecule has 0 spiro atoms. The number of ether oxygens (including phenoxy) is 1. The molecule has 2 aromatic heterocycles. The van der Waals surface area contributed by atoms with Crippen LogP contribution < -0.4 is 5.32 Å². The summed E-state index contributed by atoms with van der Waals surface area (Å²) >= 11 is 2.94. The summed E-state index contributed by atoms with van der Waals surface area (Å²) in [6.07, 6.45) is 5.82. The third-order valence-electron chi connectivity index (χ3n) is 3.56. The molecule has 0 atom stereocenters. The van der Waals surface area contributed by atoms with Gasteiger partial charge in [-0.3, -0.25) is 4.79 Å². The number of carbonyl (C=O) groups excluding carboxylic acids is 2. The number of nitriles is 1. The minimum atomic E-state index is -0.576. The SMILES string of the molecule is N#Cc1c(NC(=O)COC(=O)C=Cc2cccs2)sc2c1CCC2. The van der Waals surface area contributed by atoms with Crippen molar-refractivity contribution in [3.63, 3.8) is 0 Å². The fourth-order valence-corrected chi connectivity index (χ4v) is 4.37. The standard InChI is InChI=1S/C17H14N2O3S2/c18-9-13-12-4-1-5-14(12)24-17(13)19-15(20)10-22-16(21)7-6-11-3-2-8-23-11/h2-3,6-8H,1,4-5,10H2,(H,19,20). The lowest BCUT2D eigenvalue weighted by atomic mass is 10.1. The van der Waals surface area contributed by atoms with Crippen LogP contribution in [0.4, 0.5) is 5.00 Å². The molecule has 0 bridgehead atoms. The maximum Gasteiger partial charge on any atom is 0.331 e. The quantitative estimate of drug-likeness (QED) is 0.656. The molecule has 0 fully saturated rings. The number of fused-ring (bicyclic) bond motifs is 1. The highest BCUT2D eigenvalue weighted by Crippen LogP contribution is 2.38. The fourth-order valence-electron chi connectivity index (χ4n) is 2.49. The third-order valence-corrected chi connectivity index (χ3v) is 5.60. The minimum Gasteiger partial charge on any atom is -0.452 e. The molecule has 1 aliphatic rings. The molecule has 0 saturated carbocycles. The number of thiophene rings is 2. The number of nitrogens with one attached hydrogen (secondary N) is 1. The van der Waals surface area contributed by atoms with Gasteiger partial charge in [-0.25, -0.2) is 4.79 Å². The molecular weight excluding hydrogens is 344 g/mol. The van der Waals surface area contributed by atoms with E-state index in [9.17, 15) is 14.9 Å². The third kappa shape index (κ3) is 3.72. The number of carbonyl (C=O) groups is 2. The second-order valence-electron chi connectivity index (χ2n) is 5.18. The Hall–Kier alpha value is -2.43. The highest BCUT2D eigenvalue weighted by atomic mass is 32.1. The molecule has 122 valence electrons. The first-order valence-electron chi connectivity index (χ1n) is 7.40. The summed E-state index contributed by atoms with van der Waals surface area (Å²) in [7, 11) is 0. The average molecular weight is 358 g/mol. The molecule has 0 aromatic carbocycles. The molecule has 0 unspecified atom stereocenters. The van der Waals surface area contributed by atoms with E-state index >= 15 is 0 Å². The lowest BCUT2D eigenvalue weighted by Gasteiger charge is -2.04.